The molecule has 0 saturated heterocycles. The summed E-state index contributed by atoms with van der Waals surface area (Å²) in [4.78, 5) is 16.4. The zero-order chi connectivity index (χ0) is 18.6. The van der Waals surface area contributed by atoms with Crippen molar-refractivity contribution in [2.75, 3.05) is 0 Å². The number of aromatic nitrogens is 2. The van der Waals surface area contributed by atoms with E-state index < -0.39 is 23.8 Å². The molecule has 0 spiro atoms. The number of carbonyl (C=O) groups excluding carboxylic acids is 1. The van der Waals surface area contributed by atoms with Crippen molar-refractivity contribution in [3.05, 3.63) is 90.0 Å². The van der Waals surface area contributed by atoms with Gasteiger partial charge >= 0.3 is 12.1 Å². The van der Waals surface area contributed by atoms with Crippen LogP contribution in [0.25, 0.3) is 0 Å². The van der Waals surface area contributed by atoms with Gasteiger partial charge in [0.15, 0.2) is 0 Å². The number of alkyl halides is 3. The van der Waals surface area contributed by atoms with Crippen molar-refractivity contribution in [3.8, 4) is 0 Å². The molecule has 3 aromatic rings. The average Bonchev–Trinajstić information content (AvgIpc) is 3.14. The van der Waals surface area contributed by atoms with E-state index in [1.165, 1.54) is 12.1 Å². The zero-order valence-electron chi connectivity index (χ0n) is 13.6. The smallest absolute Gasteiger partial charge is 0.416 e. The van der Waals surface area contributed by atoms with E-state index in [2.05, 4.69) is 4.98 Å². The Morgan fingerprint density at radius 3 is 2.54 bits per heavy atom. The minimum absolute atomic E-state index is 0.147. The predicted octanol–water partition coefficient (Wildman–Crippen LogP) is 4.50. The van der Waals surface area contributed by atoms with E-state index in [0.717, 1.165) is 17.7 Å². The molecule has 1 unspecified atom stereocenters. The lowest BCUT2D eigenvalue weighted by atomic mass is 10.1. The van der Waals surface area contributed by atoms with Gasteiger partial charge in [0.2, 0.25) is 0 Å². The highest BCUT2D eigenvalue weighted by molar-refractivity contribution is 5.89. The average molecular weight is 360 g/mol. The fourth-order valence-electron chi connectivity index (χ4n) is 2.48. The molecule has 0 N–H and O–H groups in total. The Balaban J connectivity index is 1.83. The molecule has 0 amide bonds. The standard InChI is InChI=1S/C19H15F3N2O2/c20-19(21,22)16-8-4-7-15(11-16)18(25)26-17(12-24-10-9-23-13-24)14-5-2-1-3-6-14/h1-11,13,17H,12H2. The van der Waals surface area contributed by atoms with Crippen LogP contribution >= 0.6 is 0 Å². The third-order valence-electron chi connectivity index (χ3n) is 3.78. The molecule has 4 nitrogen and oxygen atoms in total. The maximum atomic E-state index is 12.8. The van der Waals surface area contributed by atoms with Crippen LogP contribution in [-0.4, -0.2) is 15.5 Å². The molecule has 0 aliphatic carbocycles. The summed E-state index contributed by atoms with van der Waals surface area (Å²) in [6.45, 7) is 0.300. The van der Waals surface area contributed by atoms with Crippen molar-refractivity contribution in [1.29, 1.82) is 0 Å². The van der Waals surface area contributed by atoms with E-state index in [4.69, 9.17) is 4.74 Å². The van der Waals surface area contributed by atoms with Gasteiger partial charge in [0.05, 0.1) is 24.0 Å². The van der Waals surface area contributed by atoms with Crippen LogP contribution in [0.4, 0.5) is 13.2 Å². The largest absolute Gasteiger partial charge is 0.452 e. The minimum Gasteiger partial charge on any atom is -0.452 e. The fourth-order valence-corrected chi connectivity index (χ4v) is 2.48. The number of rotatable bonds is 5. The van der Waals surface area contributed by atoms with Gasteiger partial charge in [-0.3, -0.25) is 0 Å². The van der Waals surface area contributed by atoms with Crippen molar-refractivity contribution < 1.29 is 22.7 Å². The van der Waals surface area contributed by atoms with Gasteiger partial charge in [0, 0.05) is 12.4 Å². The van der Waals surface area contributed by atoms with Gasteiger partial charge in [-0.05, 0) is 23.8 Å². The number of benzene rings is 2. The Kier molecular flexibility index (Phi) is 5.06. The van der Waals surface area contributed by atoms with Crippen LogP contribution in [0.2, 0.25) is 0 Å². The molecule has 0 fully saturated rings. The van der Waals surface area contributed by atoms with Crippen LogP contribution in [-0.2, 0) is 17.5 Å². The highest BCUT2D eigenvalue weighted by Crippen LogP contribution is 2.30. The molecule has 0 saturated carbocycles. The molecular weight excluding hydrogens is 345 g/mol. The SMILES string of the molecule is O=C(OC(Cn1ccnc1)c1ccccc1)c1cccc(C(F)(F)F)c1. The van der Waals surface area contributed by atoms with Crippen LogP contribution in [0.5, 0.6) is 0 Å². The lowest BCUT2D eigenvalue weighted by Crippen LogP contribution is -2.17. The molecule has 0 radical (unpaired) electrons. The fraction of sp³-hybridized carbons (Fsp3) is 0.158. The Bertz CT molecular complexity index is 862. The quantitative estimate of drug-likeness (QED) is 0.629. The number of hydrogen-bond acceptors (Lipinski definition) is 3. The second-order valence-electron chi connectivity index (χ2n) is 5.64. The topological polar surface area (TPSA) is 44.1 Å². The normalized spacial score (nSPS) is 12.6. The van der Waals surface area contributed by atoms with Gasteiger partial charge in [-0.15, -0.1) is 0 Å². The van der Waals surface area contributed by atoms with E-state index in [9.17, 15) is 18.0 Å². The van der Waals surface area contributed by atoms with E-state index in [0.29, 0.717) is 6.54 Å². The molecule has 26 heavy (non-hydrogen) atoms. The summed E-state index contributed by atoms with van der Waals surface area (Å²) in [5.74, 6) is -0.815. The summed E-state index contributed by atoms with van der Waals surface area (Å²) < 4.78 is 45.8. The molecule has 1 aromatic heterocycles. The molecule has 2 aromatic carbocycles. The molecule has 134 valence electrons. The van der Waals surface area contributed by atoms with Gasteiger partial charge in [-0.25, -0.2) is 9.78 Å². The summed E-state index contributed by atoms with van der Waals surface area (Å²) >= 11 is 0. The van der Waals surface area contributed by atoms with Crippen molar-refractivity contribution in [2.24, 2.45) is 0 Å². The molecule has 1 atom stereocenters. The van der Waals surface area contributed by atoms with Crippen LogP contribution in [0.15, 0.2) is 73.3 Å². The highest BCUT2D eigenvalue weighted by Gasteiger charge is 2.31. The molecule has 7 heteroatoms. The first-order valence-corrected chi connectivity index (χ1v) is 7.82. The van der Waals surface area contributed by atoms with Crippen LogP contribution in [0.1, 0.15) is 27.6 Å². The van der Waals surface area contributed by atoms with E-state index in [-0.39, 0.29) is 5.56 Å². The Labute approximate surface area is 147 Å². The monoisotopic (exact) mass is 360 g/mol. The maximum absolute atomic E-state index is 12.8. The van der Waals surface area contributed by atoms with Gasteiger partial charge in [0.25, 0.3) is 0 Å². The number of esters is 1. The molecule has 0 bridgehead atoms. The van der Waals surface area contributed by atoms with Gasteiger partial charge in [-0.2, -0.15) is 13.2 Å². The molecule has 0 aliphatic heterocycles. The van der Waals surface area contributed by atoms with E-state index in [1.807, 2.05) is 6.07 Å². The van der Waals surface area contributed by atoms with Gasteiger partial charge in [-0.1, -0.05) is 36.4 Å². The first kappa shape index (κ1) is 17.7. The summed E-state index contributed by atoms with van der Waals surface area (Å²) in [5, 5.41) is 0. The maximum Gasteiger partial charge on any atom is 0.416 e. The van der Waals surface area contributed by atoms with Crippen LogP contribution in [0, 0.1) is 0 Å². The molecular formula is C19H15F3N2O2. The van der Waals surface area contributed by atoms with Gasteiger partial charge < -0.3 is 9.30 Å². The number of imidazole rings is 1. The number of hydrogen-bond donors (Lipinski definition) is 0. The summed E-state index contributed by atoms with van der Waals surface area (Å²) in [7, 11) is 0. The third kappa shape index (κ3) is 4.30. The number of ether oxygens (including phenoxy) is 1. The minimum atomic E-state index is -4.52. The Morgan fingerprint density at radius 1 is 1.12 bits per heavy atom. The van der Waals surface area contributed by atoms with Crippen LogP contribution < -0.4 is 0 Å². The summed E-state index contributed by atoms with van der Waals surface area (Å²) in [6.07, 6.45) is -0.294. The number of carbonyl (C=O) groups is 1. The molecule has 3 rings (SSSR count). The second-order valence-corrected chi connectivity index (χ2v) is 5.64. The van der Waals surface area contributed by atoms with E-state index >= 15 is 0 Å². The van der Waals surface area contributed by atoms with Crippen molar-refractivity contribution in [2.45, 2.75) is 18.8 Å². The summed E-state index contributed by atoms with van der Waals surface area (Å²) in [5.41, 5.74) is -0.300. The predicted molar refractivity (Wildman–Crippen MR) is 88.3 cm³/mol. The third-order valence-corrected chi connectivity index (χ3v) is 3.78. The summed E-state index contributed by atoms with van der Waals surface area (Å²) in [6, 6.07) is 13.2. The highest BCUT2D eigenvalue weighted by atomic mass is 19.4. The van der Waals surface area contributed by atoms with Crippen molar-refractivity contribution >= 4 is 5.97 Å². The lowest BCUT2D eigenvalue weighted by Gasteiger charge is -2.19. The van der Waals surface area contributed by atoms with Crippen LogP contribution in [0.3, 0.4) is 0 Å². The number of nitrogens with zero attached hydrogens (tertiary/aromatic N) is 2. The van der Waals surface area contributed by atoms with Crippen molar-refractivity contribution in [3.63, 3.8) is 0 Å². The zero-order valence-corrected chi connectivity index (χ0v) is 13.6. The Hall–Kier alpha value is -3.09. The van der Waals surface area contributed by atoms with E-state index in [1.54, 1.807) is 47.6 Å². The number of halogens is 3. The van der Waals surface area contributed by atoms with Gasteiger partial charge in [0.1, 0.15) is 6.10 Å². The molecule has 0 aliphatic rings. The van der Waals surface area contributed by atoms with Crippen molar-refractivity contribution in [1.82, 2.24) is 9.55 Å². The first-order valence-electron chi connectivity index (χ1n) is 7.82. The lowest BCUT2D eigenvalue weighted by molar-refractivity contribution is -0.137. The second kappa shape index (κ2) is 7.43. The molecule has 1 heterocycles. The Morgan fingerprint density at radius 2 is 1.88 bits per heavy atom. The first-order chi connectivity index (χ1) is 12.4.